The second-order valence-corrected chi connectivity index (χ2v) is 4.51. The lowest BCUT2D eigenvalue weighted by molar-refractivity contribution is -0.121. The van der Waals surface area contributed by atoms with Gasteiger partial charge in [-0.15, -0.1) is 0 Å². The Bertz CT molecular complexity index is 308. The van der Waals surface area contributed by atoms with Gasteiger partial charge >= 0.3 is 0 Å². The van der Waals surface area contributed by atoms with Crippen LogP contribution in [0.1, 0.15) is 6.92 Å². The molecule has 0 aromatic carbocycles. The summed E-state index contributed by atoms with van der Waals surface area (Å²) < 4.78 is 29.6. The molecular formula is C7H13NO4S. The van der Waals surface area contributed by atoms with E-state index < -0.39 is 27.1 Å². The van der Waals surface area contributed by atoms with E-state index in [0.717, 1.165) is 6.08 Å². The van der Waals surface area contributed by atoms with Crippen LogP contribution in [0.25, 0.3) is 0 Å². The van der Waals surface area contributed by atoms with E-state index in [2.05, 4.69) is 6.58 Å². The molecule has 0 saturated heterocycles. The molecule has 0 aliphatic heterocycles. The van der Waals surface area contributed by atoms with E-state index in [-0.39, 0.29) is 6.54 Å². The second-order valence-electron chi connectivity index (χ2n) is 3.06. The fourth-order valence-corrected chi connectivity index (χ4v) is 1.94. The van der Waals surface area contributed by atoms with Gasteiger partial charge in [0.2, 0.25) is 0 Å². The maximum Gasteiger partial charge on any atom is 0.265 e. The van der Waals surface area contributed by atoms with Gasteiger partial charge in [0.25, 0.3) is 10.1 Å². The zero-order chi connectivity index (χ0) is 10.7. The van der Waals surface area contributed by atoms with Crippen LogP contribution in [-0.2, 0) is 14.9 Å². The molecule has 3 N–H and O–H groups in total. The molecule has 0 bridgehead atoms. The highest BCUT2D eigenvalue weighted by atomic mass is 32.2. The van der Waals surface area contributed by atoms with Crippen molar-refractivity contribution in [3.8, 4) is 0 Å². The summed E-state index contributed by atoms with van der Waals surface area (Å²) >= 11 is 0. The first kappa shape index (κ1) is 12.3. The van der Waals surface area contributed by atoms with Crippen molar-refractivity contribution in [3.63, 3.8) is 0 Å². The van der Waals surface area contributed by atoms with Crippen LogP contribution in [0.5, 0.6) is 0 Å². The number of hydrogen-bond acceptors (Lipinski definition) is 4. The quantitative estimate of drug-likeness (QED) is 0.472. The van der Waals surface area contributed by atoms with E-state index in [1.165, 1.54) is 6.92 Å². The van der Waals surface area contributed by atoms with Gasteiger partial charge in [-0.2, -0.15) is 8.42 Å². The highest BCUT2D eigenvalue weighted by Gasteiger charge is 2.34. The Balaban J connectivity index is 4.86. The van der Waals surface area contributed by atoms with Crippen LogP contribution in [0.2, 0.25) is 0 Å². The minimum absolute atomic E-state index is 0.155. The summed E-state index contributed by atoms with van der Waals surface area (Å²) in [4.78, 5) is 11.2. The molecule has 0 aromatic heterocycles. The average molecular weight is 207 g/mol. The van der Waals surface area contributed by atoms with Gasteiger partial charge in [0.15, 0.2) is 5.78 Å². The highest BCUT2D eigenvalue weighted by molar-refractivity contribution is 7.85. The molecule has 76 valence electrons. The number of nitrogens with two attached hydrogens (primary N) is 1. The van der Waals surface area contributed by atoms with Gasteiger partial charge in [-0.05, 0) is 13.0 Å². The van der Waals surface area contributed by atoms with Gasteiger partial charge in [0, 0.05) is 6.54 Å². The van der Waals surface area contributed by atoms with Gasteiger partial charge in [-0.3, -0.25) is 9.35 Å². The molecule has 0 saturated carbocycles. The number of carbonyl (C=O) groups excluding carboxylic acids is 1. The van der Waals surface area contributed by atoms with E-state index in [9.17, 15) is 13.2 Å². The van der Waals surface area contributed by atoms with Gasteiger partial charge in [0.05, 0.1) is 11.2 Å². The van der Waals surface area contributed by atoms with Crippen molar-refractivity contribution in [2.75, 3.05) is 12.3 Å². The fourth-order valence-electron chi connectivity index (χ4n) is 0.880. The second kappa shape index (κ2) is 3.99. The van der Waals surface area contributed by atoms with Crippen LogP contribution in [0.15, 0.2) is 12.7 Å². The minimum Gasteiger partial charge on any atom is -0.329 e. The maximum absolute atomic E-state index is 11.2. The van der Waals surface area contributed by atoms with E-state index in [1.54, 1.807) is 0 Å². The summed E-state index contributed by atoms with van der Waals surface area (Å²) in [5.74, 6) is -1.17. The van der Waals surface area contributed by atoms with Crippen LogP contribution in [0.4, 0.5) is 0 Å². The van der Waals surface area contributed by atoms with Crippen molar-refractivity contribution in [3.05, 3.63) is 12.7 Å². The monoisotopic (exact) mass is 207 g/mol. The van der Waals surface area contributed by atoms with E-state index >= 15 is 0 Å². The zero-order valence-electron chi connectivity index (χ0n) is 7.36. The van der Waals surface area contributed by atoms with Crippen LogP contribution >= 0.6 is 0 Å². The molecule has 0 radical (unpaired) electrons. The fraction of sp³-hybridized carbons (Fsp3) is 0.571. The molecule has 0 heterocycles. The molecule has 1 atom stereocenters. The lowest BCUT2D eigenvalue weighted by Gasteiger charge is -2.22. The molecule has 0 aliphatic carbocycles. The van der Waals surface area contributed by atoms with Crippen LogP contribution < -0.4 is 5.73 Å². The number of rotatable bonds is 5. The first-order valence-corrected chi connectivity index (χ1v) is 5.18. The maximum atomic E-state index is 11.2. The topological polar surface area (TPSA) is 97.5 Å². The molecule has 0 fully saturated rings. The summed E-state index contributed by atoms with van der Waals surface area (Å²) in [6.45, 7) is 4.43. The SMILES string of the molecule is C=CC(=O)C(C)(CN)CS(=O)(=O)O. The number of carbonyl (C=O) groups is 1. The standard InChI is InChI=1S/C7H13NO4S/c1-3-6(9)7(2,4-8)5-13(10,11)12/h3H,1,4-5,8H2,2H3,(H,10,11,12). The first-order valence-electron chi connectivity index (χ1n) is 3.57. The van der Waals surface area contributed by atoms with Crippen LogP contribution in [0.3, 0.4) is 0 Å². The van der Waals surface area contributed by atoms with Gasteiger partial charge in [0.1, 0.15) is 0 Å². The predicted octanol–water partition coefficient (Wildman–Crippen LogP) is -0.406. The molecule has 0 spiro atoms. The van der Waals surface area contributed by atoms with Crippen LogP contribution in [0, 0.1) is 5.41 Å². The van der Waals surface area contributed by atoms with Crippen molar-refractivity contribution < 1.29 is 17.8 Å². The smallest absolute Gasteiger partial charge is 0.265 e. The van der Waals surface area contributed by atoms with E-state index in [4.69, 9.17) is 10.3 Å². The van der Waals surface area contributed by atoms with Crippen molar-refractivity contribution in [2.24, 2.45) is 11.1 Å². The van der Waals surface area contributed by atoms with Gasteiger partial charge in [-0.25, -0.2) is 0 Å². The molecule has 0 amide bonds. The largest absolute Gasteiger partial charge is 0.329 e. The van der Waals surface area contributed by atoms with E-state index in [0.29, 0.717) is 0 Å². The third-order valence-corrected chi connectivity index (χ3v) is 2.73. The van der Waals surface area contributed by atoms with Crippen molar-refractivity contribution in [2.45, 2.75) is 6.92 Å². The van der Waals surface area contributed by atoms with Crippen molar-refractivity contribution >= 4 is 15.9 Å². The molecule has 5 nitrogen and oxygen atoms in total. The normalized spacial score (nSPS) is 16.2. The van der Waals surface area contributed by atoms with Crippen molar-refractivity contribution in [1.29, 1.82) is 0 Å². The summed E-state index contributed by atoms with van der Waals surface area (Å²) in [7, 11) is -4.20. The third-order valence-electron chi connectivity index (χ3n) is 1.73. The molecule has 13 heavy (non-hydrogen) atoms. The minimum atomic E-state index is -4.20. The number of allylic oxidation sites excluding steroid dienone is 1. The predicted molar refractivity (Wildman–Crippen MR) is 48.8 cm³/mol. The summed E-state index contributed by atoms with van der Waals surface area (Å²) in [6, 6.07) is 0. The summed E-state index contributed by atoms with van der Waals surface area (Å²) in [5.41, 5.74) is 3.96. The molecule has 0 rings (SSSR count). The number of ketones is 1. The first-order chi connectivity index (χ1) is 5.75. The average Bonchev–Trinajstić information content (AvgIpc) is 1.99. The lowest BCUT2D eigenvalue weighted by atomic mass is 9.88. The van der Waals surface area contributed by atoms with E-state index in [1.807, 2.05) is 0 Å². The van der Waals surface area contributed by atoms with Gasteiger partial charge < -0.3 is 5.73 Å². The third kappa shape index (κ3) is 3.67. The Morgan fingerprint density at radius 3 is 2.38 bits per heavy atom. The molecule has 6 heteroatoms. The lowest BCUT2D eigenvalue weighted by Crippen LogP contribution is -2.40. The number of hydrogen-bond donors (Lipinski definition) is 2. The van der Waals surface area contributed by atoms with Crippen LogP contribution in [-0.4, -0.2) is 31.1 Å². The summed E-state index contributed by atoms with van der Waals surface area (Å²) in [6.07, 6.45) is 0.998. The Morgan fingerprint density at radius 2 is 2.15 bits per heavy atom. The molecule has 1 unspecified atom stereocenters. The molecule has 0 aliphatic rings. The zero-order valence-corrected chi connectivity index (χ0v) is 8.17. The Hall–Kier alpha value is -0.720. The van der Waals surface area contributed by atoms with Gasteiger partial charge in [-0.1, -0.05) is 6.58 Å². The highest BCUT2D eigenvalue weighted by Crippen LogP contribution is 2.18. The Morgan fingerprint density at radius 1 is 1.69 bits per heavy atom. The Labute approximate surface area is 77.4 Å². The van der Waals surface area contributed by atoms with Crippen molar-refractivity contribution in [1.82, 2.24) is 0 Å². The molecular weight excluding hydrogens is 194 g/mol. The summed E-state index contributed by atoms with van der Waals surface area (Å²) in [5, 5.41) is 0. The molecule has 0 aromatic rings. The Kier molecular flexibility index (Phi) is 3.77.